The van der Waals surface area contributed by atoms with E-state index in [4.69, 9.17) is 0 Å². The van der Waals surface area contributed by atoms with Crippen LogP contribution in [-0.2, 0) is 4.74 Å². The zero-order valence-electron chi connectivity index (χ0n) is 8.69. The molecule has 0 heterocycles. The van der Waals surface area contributed by atoms with Crippen molar-refractivity contribution in [3.8, 4) is 5.75 Å². The molecule has 0 aliphatic rings. The molecule has 0 saturated carbocycles. The molecule has 7 heteroatoms. The molecule has 1 aromatic rings. The number of halogens is 3. The Morgan fingerprint density at radius 3 is 2.29 bits per heavy atom. The van der Waals surface area contributed by atoms with Gasteiger partial charge in [-0.15, -0.1) is 4.99 Å². The van der Waals surface area contributed by atoms with Gasteiger partial charge in [0.1, 0.15) is 5.75 Å². The number of rotatable bonds is 1. The summed E-state index contributed by atoms with van der Waals surface area (Å²) in [6.45, 7) is 0. The normalized spacial score (nSPS) is 12.1. The Balaban J connectivity index is 2.94. The topological polar surface area (TPSA) is 47.9 Å². The highest BCUT2D eigenvalue weighted by molar-refractivity contribution is 5.92. The molecule has 0 fully saturated rings. The molecule has 0 aliphatic heterocycles. The van der Waals surface area contributed by atoms with Crippen LogP contribution in [0.5, 0.6) is 5.75 Å². The molecule has 92 valence electrons. The van der Waals surface area contributed by atoms with Crippen molar-refractivity contribution in [2.45, 2.75) is 6.18 Å². The largest absolute Gasteiger partial charge is 0.469 e. The van der Waals surface area contributed by atoms with E-state index in [1.165, 1.54) is 24.3 Å². The summed E-state index contributed by atoms with van der Waals surface area (Å²) in [7, 11) is 0.919. The predicted molar refractivity (Wildman–Crippen MR) is 53.0 cm³/mol. The molecule has 0 radical (unpaired) electrons. The lowest BCUT2D eigenvalue weighted by Crippen LogP contribution is -2.29. The van der Waals surface area contributed by atoms with E-state index in [9.17, 15) is 18.0 Å². The molecule has 0 unspecified atom stereocenters. The van der Waals surface area contributed by atoms with Gasteiger partial charge in [-0.3, -0.25) is 0 Å². The monoisotopic (exact) mass is 247 g/mol. The van der Waals surface area contributed by atoms with Crippen molar-refractivity contribution < 1.29 is 27.4 Å². The fourth-order valence-electron chi connectivity index (χ4n) is 0.873. The number of carbonyl (C=O) groups is 1. The number of amides is 1. The Hall–Kier alpha value is -2.05. The second-order valence-electron chi connectivity index (χ2n) is 2.80. The van der Waals surface area contributed by atoms with Crippen LogP contribution >= 0.6 is 0 Å². The standard InChI is InChI=1S/C10H8F3NO3/c1-16-9(15)14-8(10(11,12)13)17-7-5-3-2-4-6-7/h2-6H,1H3/b14-8-. The van der Waals surface area contributed by atoms with Gasteiger partial charge in [0, 0.05) is 0 Å². The lowest BCUT2D eigenvalue weighted by atomic mass is 10.3. The first-order valence-electron chi connectivity index (χ1n) is 4.40. The van der Waals surface area contributed by atoms with Crippen LogP contribution in [0.1, 0.15) is 0 Å². The van der Waals surface area contributed by atoms with E-state index in [0.717, 1.165) is 7.11 Å². The van der Waals surface area contributed by atoms with E-state index in [1.807, 2.05) is 0 Å². The van der Waals surface area contributed by atoms with Gasteiger partial charge in [0.25, 0.3) is 0 Å². The van der Waals surface area contributed by atoms with Gasteiger partial charge in [0.15, 0.2) is 0 Å². The van der Waals surface area contributed by atoms with Crippen molar-refractivity contribution in [1.82, 2.24) is 0 Å². The van der Waals surface area contributed by atoms with Gasteiger partial charge in [0.2, 0.25) is 0 Å². The first-order valence-corrected chi connectivity index (χ1v) is 4.40. The maximum Gasteiger partial charge on any atom is 0.469 e. The maximum absolute atomic E-state index is 12.4. The number of para-hydroxylation sites is 1. The maximum atomic E-state index is 12.4. The minimum absolute atomic E-state index is 0.0764. The molecule has 0 saturated heterocycles. The molecule has 4 nitrogen and oxygen atoms in total. The van der Waals surface area contributed by atoms with Crippen molar-refractivity contribution in [2.75, 3.05) is 7.11 Å². The minimum atomic E-state index is -4.87. The molecule has 0 aliphatic carbocycles. The van der Waals surface area contributed by atoms with Crippen molar-refractivity contribution >= 4 is 12.0 Å². The molecule has 1 rings (SSSR count). The zero-order chi connectivity index (χ0) is 12.9. The van der Waals surface area contributed by atoms with Gasteiger partial charge >= 0.3 is 18.2 Å². The molecule has 0 spiro atoms. The number of ether oxygens (including phenoxy) is 2. The fraction of sp³-hybridized carbons (Fsp3) is 0.200. The van der Waals surface area contributed by atoms with E-state index in [1.54, 1.807) is 6.07 Å². The highest BCUT2D eigenvalue weighted by atomic mass is 19.4. The number of methoxy groups -OCH3 is 1. The number of hydrogen-bond donors (Lipinski definition) is 0. The molecule has 0 N–H and O–H groups in total. The van der Waals surface area contributed by atoms with E-state index in [2.05, 4.69) is 14.5 Å². The van der Waals surface area contributed by atoms with Gasteiger partial charge in [-0.2, -0.15) is 13.2 Å². The zero-order valence-corrected chi connectivity index (χ0v) is 8.69. The van der Waals surface area contributed by atoms with Crippen LogP contribution in [0.3, 0.4) is 0 Å². The summed E-state index contributed by atoms with van der Waals surface area (Å²) < 4.78 is 45.8. The second kappa shape index (κ2) is 5.33. The van der Waals surface area contributed by atoms with Gasteiger partial charge in [-0.05, 0) is 12.1 Å². The molecular formula is C10H8F3NO3. The van der Waals surface area contributed by atoms with Crippen molar-refractivity contribution in [3.63, 3.8) is 0 Å². The van der Waals surface area contributed by atoms with Crippen molar-refractivity contribution in [3.05, 3.63) is 30.3 Å². The van der Waals surface area contributed by atoms with Crippen LogP contribution in [0.4, 0.5) is 18.0 Å². The number of aliphatic imine (C=N–C) groups is 1. The summed E-state index contributed by atoms with van der Waals surface area (Å²) in [5, 5.41) is 0. The van der Waals surface area contributed by atoms with E-state index in [0.29, 0.717) is 0 Å². The minimum Gasteiger partial charge on any atom is -0.451 e. The molecule has 17 heavy (non-hydrogen) atoms. The summed E-state index contributed by atoms with van der Waals surface area (Å²) in [5.74, 6) is -1.75. The first-order chi connectivity index (χ1) is 7.93. The van der Waals surface area contributed by atoms with Crippen LogP contribution in [0.25, 0.3) is 0 Å². The van der Waals surface area contributed by atoms with Gasteiger partial charge in [0.05, 0.1) is 7.11 Å². The third-order valence-electron chi connectivity index (χ3n) is 1.57. The van der Waals surface area contributed by atoms with Crippen molar-refractivity contribution in [1.29, 1.82) is 0 Å². The number of hydrogen-bond acceptors (Lipinski definition) is 3. The van der Waals surface area contributed by atoms with Gasteiger partial charge in [-0.1, -0.05) is 18.2 Å². The highest BCUT2D eigenvalue weighted by Crippen LogP contribution is 2.21. The molecule has 1 aromatic carbocycles. The van der Waals surface area contributed by atoms with Crippen LogP contribution < -0.4 is 4.74 Å². The summed E-state index contributed by atoms with van der Waals surface area (Å²) >= 11 is 0. The summed E-state index contributed by atoms with van der Waals surface area (Å²) in [6, 6.07) is 7.19. The average Bonchev–Trinajstić information content (AvgIpc) is 2.28. The smallest absolute Gasteiger partial charge is 0.451 e. The van der Waals surface area contributed by atoms with Crippen LogP contribution in [0, 0.1) is 0 Å². The Morgan fingerprint density at radius 2 is 1.82 bits per heavy atom. The molecule has 0 aromatic heterocycles. The number of alkyl halides is 3. The fourth-order valence-corrected chi connectivity index (χ4v) is 0.873. The summed E-state index contributed by atoms with van der Waals surface area (Å²) in [5.41, 5.74) is 0. The molecule has 1 amide bonds. The van der Waals surface area contributed by atoms with Crippen LogP contribution in [-0.4, -0.2) is 25.3 Å². The Morgan fingerprint density at radius 1 is 1.24 bits per heavy atom. The summed E-state index contributed by atoms with van der Waals surface area (Å²) in [6.07, 6.45) is -6.25. The Labute approximate surface area is 94.7 Å². The average molecular weight is 247 g/mol. The molecule has 0 atom stereocenters. The third-order valence-corrected chi connectivity index (χ3v) is 1.57. The Bertz CT molecular complexity index is 415. The van der Waals surface area contributed by atoms with Crippen molar-refractivity contribution in [2.24, 2.45) is 4.99 Å². The highest BCUT2D eigenvalue weighted by Gasteiger charge is 2.39. The van der Waals surface area contributed by atoms with Gasteiger partial charge < -0.3 is 9.47 Å². The predicted octanol–water partition coefficient (Wildman–Crippen LogP) is 2.79. The Kier molecular flexibility index (Phi) is 4.08. The lowest BCUT2D eigenvalue weighted by molar-refractivity contribution is -0.0711. The van der Waals surface area contributed by atoms with E-state index >= 15 is 0 Å². The lowest BCUT2D eigenvalue weighted by Gasteiger charge is -2.10. The number of nitrogens with zero attached hydrogens (tertiary/aromatic N) is 1. The molecular weight excluding hydrogens is 239 g/mol. The number of carbonyl (C=O) groups excluding carboxylic acids is 1. The second-order valence-corrected chi connectivity index (χ2v) is 2.80. The van der Waals surface area contributed by atoms with Crippen LogP contribution in [0.2, 0.25) is 0 Å². The SMILES string of the molecule is COC(=O)/N=C(\Oc1ccccc1)C(F)(F)F. The van der Waals surface area contributed by atoms with E-state index in [-0.39, 0.29) is 5.75 Å². The van der Waals surface area contributed by atoms with Crippen LogP contribution in [0.15, 0.2) is 35.3 Å². The third kappa shape index (κ3) is 4.13. The summed E-state index contributed by atoms with van der Waals surface area (Å²) in [4.78, 5) is 13.3. The number of benzene rings is 1. The quantitative estimate of drug-likeness (QED) is 0.566. The molecule has 0 bridgehead atoms. The van der Waals surface area contributed by atoms with E-state index < -0.39 is 18.2 Å². The van der Waals surface area contributed by atoms with Gasteiger partial charge in [-0.25, -0.2) is 4.79 Å². The first kappa shape index (κ1) is 13.0.